The van der Waals surface area contributed by atoms with Gasteiger partial charge in [0.1, 0.15) is 34.8 Å². The molecule has 796 valence electrons. The van der Waals surface area contributed by atoms with Gasteiger partial charge in [0.15, 0.2) is 17.3 Å². The lowest BCUT2D eigenvalue weighted by atomic mass is 9.76. The molecule has 147 heavy (non-hydrogen) atoms. The molecule has 8 fully saturated rings. The van der Waals surface area contributed by atoms with Crippen molar-refractivity contribution in [3.05, 3.63) is 166 Å². The van der Waals surface area contributed by atoms with E-state index in [-0.39, 0.29) is 195 Å². The molecular formula is C118H156ClF5N12O11. The first-order chi connectivity index (χ1) is 70.5. The van der Waals surface area contributed by atoms with Crippen LogP contribution < -0.4 is 21.3 Å². The molecule has 0 radical (unpaired) electrons. The fourth-order valence-corrected chi connectivity index (χ4v) is 25.2. The number of fused-ring (bicyclic) bond motifs is 4. The number of hydrogen-bond donors (Lipinski definition) is 4. The maximum Gasteiger partial charge on any atom is 0.416 e. The van der Waals surface area contributed by atoms with Crippen molar-refractivity contribution in [2.75, 3.05) is 54.4 Å². The van der Waals surface area contributed by atoms with Gasteiger partial charge >= 0.3 is 6.18 Å². The predicted octanol–water partition coefficient (Wildman–Crippen LogP) is 22.1. The number of rotatable bonds is 36. The quantitative estimate of drug-likeness (QED) is 0.0210. The number of carbonyl (C=O) groups is 11. The van der Waals surface area contributed by atoms with Crippen molar-refractivity contribution in [1.82, 2.24) is 59.1 Å². The van der Waals surface area contributed by atoms with E-state index in [1.54, 1.807) is 59.6 Å². The van der Waals surface area contributed by atoms with E-state index in [0.717, 1.165) is 230 Å². The molecule has 0 bridgehead atoms. The molecule has 4 aliphatic carbocycles. The third-order valence-corrected chi connectivity index (χ3v) is 34.3. The summed E-state index contributed by atoms with van der Waals surface area (Å²) in [7, 11) is 7.11. The highest BCUT2D eigenvalue weighted by molar-refractivity contribution is 6.31. The van der Waals surface area contributed by atoms with Crippen molar-refractivity contribution < 1.29 is 74.7 Å². The average molecular weight is 2050 g/mol. The number of amides is 4. The lowest BCUT2D eigenvalue weighted by Gasteiger charge is -2.35. The van der Waals surface area contributed by atoms with Gasteiger partial charge < -0.3 is 59.1 Å². The summed E-state index contributed by atoms with van der Waals surface area (Å²) in [6.45, 7) is 18.9. The van der Waals surface area contributed by atoms with Gasteiger partial charge in [0.05, 0.1) is 29.7 Å². The van der Waals surface area contributed by atoms with Gasteiger partial charge in [0.2, 0.25) is 23.6 Å². The van der Waals surface area contributed by atoms with E-state index in [4.69, 9.17) is 11.6 Å². The normalized spacial score (nSPS) is 20.5. The van der Waals surface area contributed by atoms with E-state index in [9.17, 15) is 74.7 Å². The number of likely N-dealkylation sites (N-methyl/N-ethyl adjacent to an activating group) is 4. The zero-order valence-corrected chi connectivity index (χ0v) is 89.2. The molecule has 4 aliphatic heterocycles. The number of aryl methyl sites for hydroxylation is 1. The van der Waals surface area contributed by atoms with Crippen molar-refractivity contribution in [3.63, 3.8) is 0 Å². The van der Waals surface area contributed by atoms with Gasteiger partial charge in [0.25, 0.3) is 0 Å². The summed E-state index contributed by atoms with van der Waals surface area (Å²) >= 11 is 6.22. The summed E-state index contributed by atoms with van der Waals surface area (Å²) < 4.78 is 76.4. The smallest absolute Gasteiger partial charge is 0.345 e. The molecule has 4 saturated heterocycles. The Kier molecular flexibility index (Phi) is 39.3. The molecule has 23 nitrogen and oxygen atoms in total. The fraction of sp³-hybridized carbons (Fsp3) is 0.585. The van der Waals surface area contributed by atoms with E-state index >= 15 is 0 Å². The Bertz CT molecular complexity index is 5980. The maximum atomic E-state index is 14.4. The van der Waals surface area contributed by atoms with Gasteiger partial charge in [-0.05, 0) is 294 Å². The highest BCUT2D eigenvalue weighted by Crippen LogP contribution is 2.45. The van der Waals surface area contributed by atoms with Crippen LogP contribution in [0, 0.1) is 65.9 Å². The Labute approximate surface area is 868 Å². The van der Waals surface area contributed by atoms with E-state index in [0.29, 0.717) is 79.2 Å². The second kappa shape index (κ2) is 51.4. The van der Waals surface area contributed by atoms with Crippen LogP contribution in [0.5, 0.6) is 0 Å². The number of carbonyl (C=O) groups excluding carboxylic acids is 11. The molecule has 12 atom stereocenters. The van der Waals surface area contributed by atoms with Crippen molar-refractivity contribution in [3.8, 4) is 11.1 Å². The number of ketones is 7. The highest BCUT2D eigenvalue weighted by atomic mass is 35.5. The van der Waals surface area contributed by atoms with Crippen LogP contribution in [0.15, 0.2) is 122 Å². The number of Topliss-reactive ketones (excluding diaryl/α,β-unsaturated/α-hetero) is 7. The van der Waals surface area contributed by atoms with Crippen molar-refractivity contribution in [2.45, 2.75) is 342 Å². The Morgan fingerprint density at radius 1 is 0.340 bits per heavy atom. The SMILES string of the molecule is CN[C@@H](C)C(=O)C[C@H](C(=O)N1CCC[C@H]1Cn1cc(-c2ccccc2C)c2cc(F)ccc21)C1CCCCC1.CN[C@@H](C)C(=O)C[C@H](C(=O)N1CCC[C@H]1Cn1cc(C(C)=O)c2cc(C(F)(F)F)ccc21)C1CCCCC1.CN[C@@H](C)C(=O)C[C@H](C(=O)N1CCC[C@H]1Cn1cc(C(C)=O)c2cc(Cl)ccc21)C1CCCCC1.CN[C@@H](C)C(=O)C[C@H](C(=O)N1CCC[C@H]1Cn1cc(C(C)=O)c2cc(F)ccc21)C1CCCCC1. The van der Waals surface area contributed by atoms with E-state index in [1.807, 2.05) is 94.1 Å². The van der Waals surface area contributed by atoms with Crippen LogP contribution in [0.25, 0.3) is 54.7 Å². The van der Waals surface area contributed by atoms with Crippen LogP contribution in [-0.4, -0.2) is 205 Å². The second-order valence-electron chi connectivity index (χ2n) is 43.5. The van der Waals surface area contributed by atoms with Gasteiger partial charge in [-0.15, -0.1) is 0 Å². The van der Waals surface area contributed by atoms with Crippen molar-refractivity contribution in [2.24, 2.45) is 47.3 Å². The van der Waals surface area contributed by atoms with Crippen LogP contribution in [0.1, 0.15) is 296 Å². The molecule has 4 saturated carbocycles. The molecular weight excluding hydrogens is 1890 g/mol. The molecule has 0 unspecified atom stereocenters. The maximum absolute atomic E-state index is 14.4. The molecule has 0 spiro atoms. The minimum Gasteiger partial charge on any atom is -0.345 e. The third kappa shape index (κ3) is 27.1. The largest absolute Gasteiger partial charge is 0.416 e. The first-order valence-electron chi connectivity index (χ1n) is 54.6. The minimum absolute atomic E-state index is 0.00454. The number of hydrogen-bond acceptors (Lipinski definition) is 15. The lowest BCUT2D eigenvalue weighted by Crippen LogP contribution is -2.45. The molecule has 8 heterocycles. The Morgan fingerprint density at radius 2 is 0.619 bits per heavy atom. The fourth-order valence-electron chi connectivity index (χ4n) is 25.0. The number of nitrogens with zero attached hydrogens (tertiary/aromatic N) is 8. The summed E-state index contributed by atoms with van der Waals surface area (Å²) in [4.78, 5) is 152. The molecule has 29 heteroatoms. The summed E-state index contributed by atoms with van der Waals surface area (Å²) in [6, 6.07) is 25.7. The highest BCUT2D eigenvalue weighted by Gasteiger charge is 2.46. The molecule has 5 aromatic carbocycles. The molecule has 4 amide bonds. The monoisotopic (exact) mass is 2050 g/mol. The summed E-state index contributed by atoms with van der Waals surface area (Å²) in [5, 5.41) is 15.3. The molecule has 4 aromatic heterocycles. The van der Waals surface area contributed by atoms with Crippen molar-refractivity contribution >= 4 is 119 Å². The second-order valence-corrected chi connectivity index (χ2v) is 44.0. The standard InChI is InChI=1S/C33H42FN3O2.C29H38F3N3O3.C28H38ClN3O3.C28H38FN3O3/c1-22-10-7-8-14-27(22)30-21-36(31-16-15-25(34)18-29(30)31)20-26-13-9-17-37(26)33(39)28(19-32(38)23(2)35-3)24-11-5-4-6-12-24;1-18(33-3)27(37)15-23(20-8-5-4-6-9-20)28(38)35-13-7-10-22(35)16-34-17-25(19(2)36)24-14-21(29(30,31)32)11-12-26(24)34;2*1-18(30-3)27(34)15-23(20-8-5-4-6-9-20)28(35)32-13-7-10-22(32)16-31-17-25(19(2)33)24-14-21(29)11-12-26(24)31/h7-8,10,14-16,18,21,23-24,26,28,35H,4-6,9,11-13,17,19-20H2,1-3H3;11-12,14,17-18,20,22-23,33H,4-10,13,15-16H2,1-3H3;2*11-12,14,17-18,20,22-23,30H,4-10,13,15-16H2,1-3H3/t23-,26-,28-;3*18-,22-,23-/m0000/s1. The molecule has 4 N–H and O–H groups in total. The van der Waals surface area contributed by atoms with E-state index < -0.39 is 11.7 Å². The van der Waals surface area contributed by atoms with Gasteiger partial charge in [0, 0.05) is 222 Å². The first-order valence-corrected chi connectivity index (χ1v) is 55.0. The van der Waals surface area contributed by atoms with Crippen LogP contribution in [0.2, 0.25) is 5.02 Å². The molecule has 8 aliphatic rings. The summed E-state index contributed by atoms with van der Waals surface area (Å²) in [6.07, 6.45) is 33.0. The topological polar surface area (TPSA) is 269 Å². The van der Waals surface area contributed by atoms with Gasteiger partial charge in [-0.2, -0.15) is 13.2 Å². The van der Waals surface area contributed by atoms with Crippen molar-refractivity contribution in [1.29, 1.82) is 0 Å². The number of halogens is 6. The minimum atomic E-state index is -4.50. The van der Waals surface area contributed by atoms with Crippen LogP contribution in [0.3, 0.4) is 0 Å². The first kappa shape index (κ1) is 112. The Morgan fingerprint density at radius 3 is 0.925 bits per heavy atom. The van der Waals surface area contributed by atoms with Gasteiger partial charge in [-0.1, -0.05) is 113 Å². The predicted molar refractivity (Wildman–Crippen MR) is 570 cm³/mol. The number of likely N-dealkylation sites (tertiary alicyclic amines) is 4. The number of aromatic nitrogens is 4. The Balaban J connectivity index is 0.000000155. The zero-order valence-electron chi connectivity index (χ0n) is 88.4. The summed E-state index contributed by atoms with van der Waals surface area (Å²) in [5.41, 5.74) is 7.17. The molecule has 9 aromatic rings. The van der Waals surface area contributed by atoms with E-state index in [2.05, 4.69) is 60.6 Å². The van der Waals surface area contributed by atoms with Crippen LogP contribution in [-0.2, 0) is 70.7 Å². The molecule has 17 rings (SSSR count). The summed E-state index contributed by atoms with van der Waals surface area (Å²) in [5.74, 6) is -0.355. The van der Waals surface area contributed by atoms with E-state index in [1.165, 1.54) is 57.4 Å². The van der Waals surface area contributed by atoms with Crippen LogP contribution in [0.4, 0.5) is 22.0 Å². The lowest BCUT2D eigenvalue weighted by molar-refractivity contribution is -0.142. The number of nitrogens with one attached hydrogen (secondary N) is 4. The van der Waals surface area contributed by atoms with Gasteiger partial charge in [-0.25, -0.2) is 8.78 Å². The number of benzene rings is 5. The number of alkyl halides is 3. The third-order valence-electron chi connectivity index (χ3n) is 34.1. The Hall–Kier alpha value is -10.4. The zero-order chi connectivity index (χ0) is 105. The average Bonchev–Trinajstić information content (AvgIpc) is 1.63. The van der Waals surface area contributed by atoms with Crippen LogP contribution >= 0.6 is 11.6 Å². The van der Waals surface area contributed by atoms with Gasteiger partial charge in [-0.3, -0.25) is 52.7 Å².